The summed E-state index contributed by atoms with van der Waals surface area (Å²) in [6, 6.07) is 9.50. The summed E-state index contributed by atoms with van der Waals surface area (Å²) in [4.78, 5) is 11.7. The van der Waals surface area contributed by atoms with Crippen LogP contribution in [0.1, 0.15) is 38.2 Å². The van der Waals surface area contributed by atoms with Gasteiger partial charge < -0.3 is 9.84 Å². The van der Waals surface area contributed by atoms with Crippen LogP contribution in [-0.2, 0) is 16.0 Å². The number of aliphatic hydroxyl groups excluding tert-OH is 1. The number of hydrogen-bond donors (Lipinski definition) is 1. The van der Waals surface area contributed by atoms with Crippen LogP contribution in [0.3, 0.4) is 0 Å². The molecule has 0 fully saturated rings. The lowest BCUT2D eigenvalue weighted by molar-refractivity contribution is -0.150. The summed E-state index contributed by atoms with van der Waals surface area (Å²) in [5.74, 6) is -0.267. The van der Waals surface area contributed by atoms with Gasteiger partial charge in [0.25, 0.3) is 0 Å². The average molecular weight is 250 g/mol. The third-order valence-corrected chi connectivity index (χ3v) is 2.82. The van der Waals surface area contributed by atoms with E-state index in [1.165, 1.54) is 0 Å². The first-order chi connectivity index (χ1) is 8.76. The van der Waals surface area contributed by atoms with Gasteiger partial charge in [-0.1, -0.05) is 50.1 Å². The fourth-order valence-electron chi connectivity index (χ4n) is 1.80. The molecule has 1 aromatic rings. The molecule has 0 spiro atoms. The van der Waals surface area contributed by atoms with Gasteiger partial charge in [0.2, 0.25) is 0 Å². The minimum atomic E-state index is -0.354. The highest BCUT2D eigenvalue weighted by molar-refractivity contribution is 5.72. The number of carbonyl (C=O) groups is 1. The summed E-state index contributed by atoms with van der Waals surface area (Å²) >= 11 is 0. The van der Waals surface area contributed by atoms with Gasteiger partial charge in [-0.05, 0) is 18.4 Å². The first-order valence-electron chi connectivity index (χ1n) is 6.60. The fraction of sp³-hybridized carbons (Fsp3) is 0.533. The molecule has 0 radical (unpaired) electrons. The zero-order valence-corrected chi connectivity index (χ0v) is 11.0. The van der Waals surface area contributed by atoms with Crippen molar-refractivity contribution in [3.05, 3.63) is 35.9 Å². The number of esters is 1. The lowest BCUT2D eigenvalue weighted by atomic mass is 10.1. The Morgan fingerprint density at radius 3 is 2.61 bits per heavy atom. The van der Waals surface area contributed by atoms with Gasteiger partial charge in [0.05, 0.1) is 13.0 Å². The van der Waals surface area contributed by atoms with Crippen molar-refractivity contribution in [1.29, 1.82) is 0 Å². The van der Waals surface area contributed by atoms with Gasteiger partial charge in [0, 0.05) is 0 Å². The standard InChI is InChI=1S/C15H22O3/c1-2-3-5-10-14(12-16)18-15(17)11-13-8-6-4-7-9-13/h4,6-9,14,16H,2-3,5,10-12H2,1H3/t14-/m0/s1. The molecular formula is C15H22O3. The molecule has 3 heteroatoms. The van der Waals surface area contributed by atoms with Gasteiger partial charge in [0.1, 0.15) is 6.10 Å². The van der Waals surface area contributed by atoms with Crippen molar-refractivity contribution in [3.8, 4) is 0 Å². The normalized spacial score (nSPS) is 12.1. The molecule has 0 aliphatic rings. The van der Waals surface area contributed by atoms with Gasteiger partial charge in [-0.25, -0.2) is 0 Å². The maximum atomic E-state index is 11.7. The third kappa shape index (κ3) is 5.82. The number of carbonyl (C=O) groups excluding carboxylic acids is 1. The van der Waals surface area contributed by atoms with Crippen LogP contribution in [0.4, 0.5) is 0 Å². The predicted octanol–water partition coefficient (Wildman–Crippen LogP) is 2.71. The van der Waals surface area contributed by atoms with E-state index in [2.05, 4.69) is 6.92 Å². The van der Waals surface area contributed by atoms with E-state index in [4.69, 9.17) is 9.84 Å². The predicted molar refractivity (Wildman–Crippen MR) is 71.3 cm³/mol. The molecule has 0 heterocycles. The summed E-state index contributed by atoms with van der Waals surface area (Å²) in [6.45, 7) is 2.03. The van der Waals surface area contributed by atoms with Crippen molar-refractivity contribution in [2.45, 2.75) is 45.1 Å². The highest BCUT2D eigenvalue weighted by Crippen LogP contribution is 2.08. The molecule has 18 heavy (non-hydrogen) atoms. The van der Waals surface area contributed by atoms with E-state index in [0.717, 1.165) is 31.2 Å². The van der Waals surface area contributed by atoms with Crippen molar-refractivity contribution in [1.82, 2.24) is 0 Å². The van der Waals surface area contributed by atoms with Crippen LogP contribution in [-0.4, -0.2) is 23.8 Å². The molecule has 0 saturated carbocycles. The van der Waals surface area contributed by atoms with Crippen molar-refractivity contribution >= 4 is 5.97 Å². The van der Waals surface area contributed by atoms with E-state index in [1.54, 1.807) is 0 Å². The molecule has 0 aliphatic carbocycles. The Hall–Kier alpha value is -1.35. The zero-order valence-electron chi connectivity index (χ0n) is 11.0. The molecule has 0 bridgehead atoms. The molecule has 0 unspecified atom stereocenters. The van der Waals surface area contributed by atoms with E-state index < -0.39 is 0 Å². The second-order valence-corrected chi connectivity index (χ2v) is 4.45. The number of hydrogen-bond acceptors (Lipinski definition) is 3. The van der Waals surface area contributed by atoms with Gasteiger partial charge in [-0.2, -0.15) is 0 Å². The van der Waals surface area contributed by atoms with Crippen LogP contribution < -0.4 is 0 Å². The molecule has 0 saturated heterocycles. The molecule has 0 aliphatic heterocycles. The maximum Gasteiger partial charge on any atom is 0.310 e. The molecule has 1 aromatic carbocycles. The number of rotatable bonds is 8. The quantitative estimate of drug-likeness (QED) is 0.570. The minimum absolute atomic E-state index is 0.0930. The minimum Gasteiger partial charge on any atom is -0.460 e. The third-order valence-electron chi connectivity index (χ3n) is 2.82. The van der Waals surface area contributed by atoms with E-state index in [1.807, 2.05) is 30.3 Å². The smallest absolute Gasteiger partial charge is 0.310 e. The second-order valence-electron chi connectivity index (χ2n) is 4.45. The van der Waals surface area contributed by atoms with Gasteiger partial charge in [0.15, 0.2) is 0 Å². The van der Waals surface area contributed by atoms with Crippen LogP contribution >= 0.6 is 0 Å². The molecule has 1 rings (SSSR count). The zero-order chi connectivity index (χ0) is 13.2. The molecule has 0 aromatic heterocycles. The van der Waals surface area contributed by atoms with Crippen molar-refractivity contribution in [2.75, 3.05) is 6.61 Å². The maximum absolute atomic E-state index is 11.7. The van der Waals surface area contributed by atoms with Crippen LogP contribution in [0.15, 0.2) is 30.3 Å². The Kier molecular flexibility index (Phi) is 7.11. The fourth-order valence-corrected chi connectivity index (χ4v) is 1.80. The van der Waals surface area contributed by atoms with Crippen molar-refractivity contribution in [3.63, 3.8) is 0 Å². The summed E-state index contributed by atoms with van der Waals surface area (Å²) in [5.41, 5.74) is 0.938. The molecule has 100 valence electrons. The lowest BCUT2D eigenvalue weighted by Crippen LogP contribution is -2.23. The Bertz CT molecular complexity index is 335. The average Bonchev–Trinajstić information content (AvgIpc) is 2.39. The van der Waals surface area contributed by atoms with E-state index in [-0.39, 0.29) is 25.1 Å². The van der Waals surface area contributed by atoms with E-state index >= 15 is 0 Å². The number of ether oxygens (including phenoxy) is 1. The molecular weight excluding hydrogens is 228 g/mol. The molecule has 0 amide bonds. The van der Waals surface area contributed by atoms with Crippen LogP contribution in [0.25, 0.3) is 0 Å². The van der Waals surface area contributed by atoms with Crippen LogP contribution in [0, 0.1) is 0 Å². The largest absolute Gasteiger partial charge is 0.460 e. The number of aliphatic hydroxyl groups is 1. The topological polar surface area (TPSA) is 46.5 Å². The Balaban J connectivity index is 2.33. The molecule has 1 atom stereocenters. The Morgan fingerprint density at radius 1 is 1.28 bits per heavy atom. The summed E-state index contributed by atoms with van der Waals surface area (Å²) in [6.07, 6.45) is 3.87. The summed E-state index contributed by atoms with van der Waals surface area (Å²) in [7, 11) is 0. The summed E-state index contributed by atoms with van der Waals surface area (Å²) < 4.78 is 5.26. The molecule has 3 nitrogen and oxygen atoms in total. The van der Waals surface area contributed by atoms with Gasteiger partial charge in [-0.15, -0.1) is 0 Å². The van der Waals surface area contributed by atoms with E-state index in [0.29, 0.717) is 0 Å². The number of benzene rings is 1. The van der Waals surface area contributed by atoms with Crippen molar-refractivity contribution < 1.29 is 14.6 Å². The van der Waals surface area contributed by atoms with Gasteiger partial charge in [-0.3, -0.25) is 4.79 Å². The van der Waals surface area contributed by atoms with Crippen LogP contribution in [0.2, 0.25) is 0 Å². The first kappa shape index (κ1) is 14.7. The first-order valence-corrected chi connectivity index (χ1v) is 6.60. The highest BCUT2D eigenvalue weighted by Gasteiger charge is 2.13. The van der Waals surface area contributed by atoms with E-state index in [9.17, 15) is 4.79 Å². The molecule has 1 N–H and O–H groups in total. The highest BCUT2D eigenvalue weighted by atomic mass is 16.5. The Morgan fingerprint density at radius 2 is 2.00 bits per heavy atom. The van der Waals surface area contributed by atoms with Gasteiger partial charge >= 0.3 is 5.97 Å². The van der Waals surface area contributed by atoms with Crippen molar-refractivity contribution in [2.24, 2.45) is 0 Å². The van der Waals surface area contributed by atoms with Crippen LogP contribution in [0.5, 0.6) is 0 Å². The lowest BCUT2D eigenvalue weighted by Gasteiger charge is -2.15. The Labute approximate surface area is 109 Å². The number of unbranched alkanes of at least 4 members (excludes halogenated alkanes) is 2. The SMILES string of the molecule is CCCCC[C@@H](CO)OC(=O)Cc1ccccc1. The second kappa shape index (κ2) is 8.70. The summed E-state index contributed by atoms with van der Waals surface area (Å²) in [5, 5.41) is 9.16. The monoisotopic (exact) mass is 250 g/mol.